The smallest absolute Gasteiger partial charge is 0.307 e. The number of alkyl halides is 3. The summed E-state index contributed by atoms with van der Waals surface area (Å²) in [6.45, 7) is 2.42. The number of rotatable bonds is 1. The molecule has 1 heterocycles. The van der Waals surface area contributed by atoms with E-state index >= 15 is 0 Å². The standard InChI is InChI=1S/C18H16F3NOS/c1-12-9-10-22(17(23)13-5-3-2-4-6-13)15-11-14(18(19,20)21)7-8-16(15)24-12/h2-8,11-12H,9-10H2,1H3. The zero-order valence-corrected chi connectivity index (χ0v) is 13.8. The summed E-state index contributed by atoms with van der Waals surface area (Å²) in [5.41, 5.74) is 0.0794. The predicted octanol–water partition coefficient (Wildman–Crippen LogP) is 5.24. The molecule has 1 amide bonds. The Morgan fingerprint density at radius 2 is 1.88 bits per heavy atom. The number of hydrogen-bond acceptors (Lipinski definition) is 2. The van der Waals surface area contributed by atoms with Crippen LogP contribution in [0.25, 0.3) is 0 Å². The lowest BCUT2D eigenvalue weighted by Gasteiger charge is -2.23. The van der Waals surface area contributed by atoms with E-state index in [1.807, 2.05) is 6.92 Å². The summed E-state index contributed by atoms with van der Waals surface area (Å²) in [4.78, 5) is 15.0. The first-order valence-electron chi connectivity index (χ1n) is 7.61. The minimum absolute atomic E-state index is 0.231. The van der Waals surface area contributed by atoms with Crippen LogP contribution in [0, 0.1) is 0 Å². The summed E-state index contributed by atoms with van der Waals surface area (Å²) < 4.78 is 39.2. The molecule has 0 aliphatic carbocycles. The molecule has 126 valence electrons. The number of anilines is 1. The van der Waals surface area contributed by atoms with Crippen LogP contribution in [0.15, 0.2) is 53.4 Å². The van der Waals surface area contributed by atoms with E-state index in [0.717, 1.165) is 18.6 Å². The predicted molar refractivity (Wildman–Crippen MR) is 89.5 cm³/mol. The molecule has 2 aromatic carbocycles. The van der Waals surface area contributed by atoms with Crippen molar-refractivity contribution in [2.45, 2.75) is 29.7 Å². The second-order valence-corrected chi connectivity index (χ2v) is 7.20. The number of fused-ring (bicyclic) bond motifs is 1. The molecule has 0 aromatic heterocycles. The number of halogens is 3. The van der Waals surface area contributed by atoms with Crippen LogP contribution in [0.3, 0.4) is 0 Å². The first-order chi connectivity index (χ1) is 11.4. The van der Waals surface area contributed by atoms with Crippen molar-refractivity contribution >= 4 is 23.4 Å². The van der Waals surface area contributed by atoms with Gasteiger partial charge in [0, 0.05) is 22.3 Å². The quantitative estimate of drug-likeness (QED) is 0.701. The van der Waals surface area contributed by atoms with Gasteiger partial charge in [0.15, 0.2) is 0 Å². The van der Waals surface area contributed by atoms with Crippen molar-refractivity contribution in [3.63, 3.8) is 0 Å². The monoisotopic (exact) mass is 351 g/mol. The molecule has 1 atom stereocenters. The van der Waals surface area contributed by atoms with Gasteiger partial charge in [-0.25, -0.2) is 0 Å². The number of benzene rings is 2. The molecule has 2 nitrogen and oxygen atoms in total. The highest BCUT2D eigenvalue weighted by molar-refractivity contribution is 8.00. The van der Waals surface area contributed by atoms with Gasteiger partial charge in [0.1, 0.15) is 0 Å². The van der Waals surface area contributed by atoms with E-state index in [2.05, 4.69) is 0 Å². The normalized spacial score (nSPS) is 18.0. The molecule has 0 fully saturated rings. The minimum Gasteiger partial charge on any atom is -0.307 e. The largest absolute Gasteiger partial charge is 0.416 e. The summed E-state index contributed by atoms with van der Waals surface area (Å²) >= 11 is 1.51. The Bertz CT molecular complexity index is 746. The fraction of sp³-hybridized carbons (Fsp3) is 0.278. The second kappa shape index (κ2) is 6.51. The van der Waals surface area contributed by atoms with Crippen molar-refractivity contribution in [3.05, 3.63) is 59.7 Å². The molecule has 1 unspecified atom stereocenters. The van der Waals surface area contributed by atoms with Crippen molar-refractivity contribution in [2.75, 3.05) is 11.4 Å². The average molecular weight is 351 g/mol. The summed E-state index contributed by atoms with van der Waals surface area (Å²) in [6.07, 6.45) is -3.71. The Kier molecular flexibility index (Phi) is 4.58. The van der Waals surface area contributed by atoms with Gasteiger partial charge in [-0.3, -0.25) is 4.79 Å². The maximum Gasteiger partial charge on any atom is 0.416 e. The maximum absolute atomic E-state index is 13.1. The van der Waals surface area contributed by atoms with Crippen LogP contribution in [-0.4, -0.2) is 17.7 Å². The summed E-state index contributed by atoms with van der Waals surface area (Å²) in [5, 5.41) is 0.231. The Balaban J connectivity index is 2.07. The third-order valence-corrected chi connectivity index (χ3v) is 5.17. The SMILES string of the molecule is CC1CCN(C(=O)c2ccccc2)c2cc(C(F)(F)F)ccc2S1. The maximum atomic E-state index is 13.1. The molecule has 1 aliphatic heterocycles. The second-order valence-electron chi connectivity index (χ2n) is 5.72. The molecule has 3 rings (SSSR count). The van der Waals surface area contributed by atoms with Crippen molar-refractivity contribution in [1.82, 2.24) is 0 Å². The Morgan fingerprint density at radius 1 is 1.17 bits per heavy atom. The molecule has 0 spiro atoms. The molecule has 0 radical (unpaired) electrons. The van der Waals surface area contributed by atoms with Gasteiger partial charge >= 0.3 is 6.18 Å². The molecule has 24 heavy (non-hydrogen) atoms. The number of carbonyl (C=O) groups is 1. The van der Waals surface area contributed by atoms with Crippen LogP contribution in [0.2, 0.25) is 0 Å². The number of hydrogen-bond donors (Lipinski definition) is 0. The minimum atomic E-state index is -4.43. The highest BCUT2D eigenvalue weighted by Crippen LogP contribution is 2.41. The molecule has 1 aliphatic rings. The van der Waals surface area contributed by atoms with E-state index in [0.29, 0.717) is 22.7 Å². The number of thioether (sulfide) groups is 1. The molecule has 6 heteroatoms. The van der Waals surface area contributed by atoms with Crippen LogP contribution >= 0.6 is 11.8 Å². The zero-order chi connectivity index (χ0) is 17.3. The van der Waals surface area contributed by atoms with E-state index in [4.69, 9.17) is 0 Å². The van der Waals surface area contributed by atoms with Gasteiger partial charge in [0.2, 0.25) is 0 Å². The van der Waals surface area contributed by atoms with Crippen LogP contribution in [0.4, 0.5) is 18.9 Å². The Labute approximate surface area is 142 Å². The highest BCUT2D eigenvalue weighted by atomic mass is 32.2. The zero-order valence-electron chi connectivity index (χ0n) is 13.0. The van der Waals surface area contributed by atoms with E-state index < -0.39 is 11.7 Å². The van der Waals surface area contributed by atoms with Crippen LogP contribution in [-0.2, 0) is 6.18 Å². The van der Waals surface area contributed by atoms with Crippen LogP contribution < -0.4 is 4.90 Å². The van der Waals surface area contributed by atoms with Gasteiger partial charge in [-0.15, -0.1) is 11.8 Å². The summed E-state index contributed by atoms with van der Waals surface area (Å²) in [6, 6.07) is 12.3. The molecule has 2 aromatic rings. The lowest BCUT2D eigenvalue weighted by molar-refractivity contribution is -0.137. The number of nitrogens with zero attached hydrogens (tertiary/aromatic N) is 1. The highest BCUT2D eigenvalue weighted by Gasteiger charge is 2.33. The number of amides is 1. The molecule has 0 saturated heterocycles. The van der Waals surface area contributed by atoms with Crippen molar-refractivity contribution in [3.8, 4) is 0 Å². The number of carbonyl (C=O) groups excluding carboxylic acids is 1. The Hall–Kier alpha value is -1.95. The first-order valence-corrected chi connectivity index (χ1v) is 8.49. The van der Waals surface area contributed by atoms with Crippen molar-refractivity contribution in [1.29, 1.82) is 0 Å². The first kappa shape index (κ1) is 16.9. The third-order valence-electron chi connectivity index (χ3n) is 3.93. The topological polar surface area (TPSA) is 20.3 Å². The van der Waals surface area contributed by atoms with Gasteiger partial charge in [-0.2, -0.15) is 13.2 Å². The summed E-state index contributed by atoms with van der Waals surface area (Å²) in [7, 11) is 0. The van der Waals surface area contributed by atoms with E-state index in [9.17, 15) is 18.0 Å². The summed E-state index contributed by atoms with van der Waals surface area (Å²) in [5.74, 6) is -0.272. The molecule has 0 saturated carbocycles. The van der Waals surface area contributed by atoms with Crippen LogP contribution in [0.5, 0.6) is 0 Å². The Morgan fingerprint density at radius 3 is 2.54 bits per heavy atom. The van der Waals surface area contributed by atoms with E-state index in [1.54, 1.807) is 30.3 Å². The van der Waals surface area contributed by atoms with Gasteiger partial charge in [0.25, 0.3) is 5.91 Å². The fourth-order valence-corrected chi connectivity index (χ4v) is 3.75. The van der Waals surface area contributed by atoms with Gasteiger partial charge in [0.05, 0.1) is 11.3 Å². The molecular formula is C18H16F3NOS. The lowest BCUT2D eigenvalue weighted by atomic mass is 10.1. The third kappa shape index (κ3) is 3.43. The van der Waals surface area contributed by atoms with Crippen molar-refractivity contribution in [2.24, 2.45) is 0 Å². The van der Waals surface area contributed by atoms with Gasteiger partial charge in [-0.1, -0.05) is 25.1 Å². The van der Waals surface area contributed by atoms with E-state index in [-0.39, 0.29) is 11.2 Å². The average Bonchev–Trinajstić information content (AvgIpc) is 2.72. The van der Waals surface area contributed by atoms with Gasteiger partial charge < -0.3 is 4.90 Å². The molecule has 0 N–H and O–H groups in total. The molecular weight excluding hydrogens is 335 g/mol. The van der Waals surface area contributed by atoms with Gasteiger partial charge in [-0.05, 0) is 36.8 Å². The molecule has 0 bridgehead atoms. The van der Waals surface area contributed by atoms with E-state index in [1.165, 1.54) is 22.7 Å². The lowest BCUT2D eigenvalue weighted by Crippen LogP contribution is -2.32. The van der Waals surface area contributed by atoms with Crippen molar-refractivity contribution < 1.29 is 18.0 Å². The van der Waals surface area contributed by atoms with Crippen LogP contribution in [0.1, 0.15) is 29.3 Å². The fourth-order valence-electron chi connectivity index (χ4n) is 2.66.